The molecule has 1 atom stereocenters. The zero-order valence-corrected chi connectivity index (χ0v) is 12.9. The summed E-state index contributed by atoms with van der Waals surface area (Å²) < 4.78 is 5.75. The molecule has 6 nitrogen and oxygen atoms in total. The first-order chi connectivity index (χ1) is 11.5. The Hall–Kier alpha value is -3.02. The first-order valence-corrected chi connectivity index (χ1v) is 7.55. The van der Waals surface area contributed by atoms with E-state index in [0.29, 0.717) is 12.4 Å². The topological polar surface area (TPSA) is 87.1 Å². The summed E-state index contributed by atoms with van der Waals surface area (Å²) in [4.78, 5) is 23.5. The maximum absolute atomic E-state index is 11.3. The number of carboxylic acids is 1. The van der Waals surface area contributed by atoms with E-state index in [1.807, 2.05) is 36.4 Å². The highest BCUT2D eigenvalue weighted by atomic mass is 16.5. The SMILES string of the molecule is O=C(O)C1Cc2ccc(OCc3ccccc3)cc2CN1C(=O)O. The molecule has 1 amide bonds. The summed E-state index contributed by atoms with van der Waals surface area (Å²) in [5.41, 5.74) is 2.65. The molecule has 0 aromatic heterocycles. The Bertz CT molecular complexity index is 759. The van der Waals surface area contributed by atoms with Crippen LogP contribution >= 0.6 is 0 Å². The summed E-state index contributed by atoms with van der Waals surface area (Å²) in [6.07, 6.45) is -1.07. The third-order valence-corrected chi connectivity index (χ3v) is 4.09. The van der Waals surface area contributed by atoms with Gasteiger partial charge in [-0.2, -0.15) is 0 Å². The minimum absolute atomic E-state index is 0.0458. The first-order valence-electron chi connectivity index (χ1n) is 7.55. The molecule has 1 aliphatic rings. The van der Waals surface area contributed by atoms with Crippen molar-refractivity contribution in [2.75, 3.05) is 0 Å². The quantitative estimate of drug-likeness (QED) is 0.901. The number of carbonyl (C=O) groups is 2. The Morgan fingerprint density at radius 2 is 1.83 bits per heavy atom. The Balaban J connectivity index is 1.77. The highest BCUT2D eigenvalue weighted by molar-refractivity contribution is 5.80. The second kappa shape index (κ2) is 6.62. The van der Waals surface area contributed by atoms with E-state index >= 15 is 0 Å². The van der Waals surface area contributed by atoms with Gasteiger partial charge in [0.25, 0.3) is 0 Å². The van der Waals surface area contributed by atoms with Gasteiger partial charge in [0.15, 0.2) is 0 Å². The number of hydrogen-bond acceptors (Lipinski definition) is 3. The van der Waals surface area contributed by atoms with Gasteiger partial charge in [0.05, 0.1) is 6.54 Å². The van der Waals surface area contributed by atoms with Crippen LogP contribution in [0.1, 0.15) is 16.7 Å². The molecule has 3 rings (SSSR count). The van der Waals surface area contributed by atoms with Crippen LogP contribution in [0.2, 0.25) is 0 Å². The van der Waals surface area contributed by atoms with Crippen LogP contribution in [0.15, 0.2) is 48.5 Å². The summed E-state index contributed by atoms with van der Waals surface area (Å²) in [7, 11) is 0. The molecular formula is C18H17NO5. The van der Waals surface area contributed by atoms with Crippen molar-refractivity contribution in [3.63, 3.8) is 0 Å². The zero-order chi connectivity index (χ0) is 17.1. The fraction of sp³-hybridized carbons (Fsp3) is 0.222. The zero-order valence-electron chi connectivity index (χ0n) is 12.9. The molecule has 0 spiro atoms. The Kier molecular flexibility index (Phi) is 4.37. The lowest BCUT2D eigenvalue weighted by molar-refractivity contribution is -0.143. The standard InChI is InChI=1S/C18H17NO5/c20-17(21)16-9-13-6-7-15(8-14(13)10-19(16)18(22)23)24-11-12-4-2-1-3-5-12/h1-8,16H,9-11H2,(H,20,21)(H,22,23). The molecule has 2 aromatic carbocycles. The number of benzene rings is 2. The van der Waals surface area contributed by atoms with E-state index in [1.165, 1.54) is 0 Å². The molecule has 1 heterocycles. The first kappa shape index (κ1) is 15.9. The monoisotopic (exact) mass is 327 g/mol. The second-order valence-corrected chi connectivity index (χ2v) is 5.67. The number of fused-ring (bicyclic) bond motifs is 1. The fourth-order valence-corrected chi connectivity index (χ4v) is 2.81. The molecule has 1 unspecified atom stereocenters. The van der Waals surface area contributed by atoms with E-state index < -0.39 is 18.1 Å². The molecule has 0 aliphatic carbocycles. The van der Waals surface area contributed by atoms with Gasteiger partial charge in [-0.15, -0.1) is 0 Å². The van der Waals surface area contributed by atoms with Crippen molar-refractivity contribution >= 4 is 12.1 Å². The lowest BCUT2D eigenvalue weighted by Crippen LogP contribution is -2.48. The molecule has 6 heteroatoms. The van der Waals surface area contributed by atoms with Crippen LogP contribution in [-0.4, -0.2) is 33.2 Å². The summed E-state index contributed by atoms with van der Waals surface area (Å²) in [6, 6.07) is 14.1. The Morgan fingerprint density at radius 1 is 1.08 bits per heavy atom. The fourth-order valence-electron chi connectivity index (χ4n) is 2.81. The van der Waals surface area contributed by atoms with Gasteiger partial charge in [-0.1, -0.05) is 36.4 Å². The maximum atomic E-state index is 11.3. The highest BCUT2D eigenvalue weighted by Crippen LogP contribution is 2.27. The Morgan fingerprint density at radius 3 is 2.50 bits per heavy atom. The largest absolute Gasteiger partial charge is 0.489 e. The molecular weight excluding hydrogens is 310 g/mol. The predicted octanol–water partition coefficient (Wildman–Crippen LogP) is 2.75. The van der Waals surface area contributed by atoms with Crippen molar-refractivity contribution in [2.45, 2.75) is 25.6 Å². The van der Waals surface area contributed by atoms with Crippen LogP contribution in [0.25, 0.3) is 0 Å². The van der Waals surface area contributed by atoms with E-state index in [4.69, 9.17) is 4.74 Å². The summed E-state index contributed by atoms with van der Waals surface area (Å²) in [5, 5.41) is 18.5. The number of amides is 1. The summed E-state index contributed by atoms with van der Waals surface area (Å²) >= 11 is 0. The predicted molar refractivity (Wildman–Crippen MR) is 85.9 cm³/mol. The maximum Gasteiger partial charge on any atom is 0.408 e. The van der Waals surface area contributed by atoms with E-state index in [1.54, 1.807) is 12.1 Å². The second-order valence-electron chi connectivity index (χ2n) is 5.67. The van der Waals surface area contributed by atoms with E-state index in [2.05, 4.69) is 0 Å². The van der Waals surface area contributed by atoms with Crippen molar-refractivity contribution in [3.05, 3.63) is 65.2 Å². The normalized spacial score (nSPS) is 16.3. The molecule has 0 bridgehead atoms. The number of hydrogen-bond donors (Lipinski definition) is 2. The van der Waals surface area contributed by atoms with Crippen molar-refractivity contribution in [1.29, 1.82) is 0 Å². The minimum Gasteiger partial charge on any atom is -0.489 e. The van der Waals surface area contributed by atoms with Gasteiger partial charge >= 0.3 is 12.1 Å². The van der Waals surface area contributed by atoms with E-state index in [9.17, 15) is 19.8 Å². The van der Waals surface area contributed by atoms with Crippen LogP contribution in [-0.2, 0) is 24.4 Å². The molecule has 0 radical (unpaired) electrons. The third kappa shape index (κ3) is 3.32. The molecule has 24 heavy (non-hydrogen) atoms. The molecule has 0 saturated carbocycles. The van der Waals surface area contributed by atoms with E-state index in [-0.39, 0.29) is 13.0 Å². The van der Waals surface area contributed by atoms with Gasteiger partial charge in [0.2, 0.25) is 0 Å². The Labute approximate surface area is 138 Å². The van der Waals surface area contributed by atoms with Gasteiger partial charge in [-0.05, 0) is 28.8 Å². The third-order valence-electron chi connectivity index (χ3n) is 4.09. The molecule has 0 fully saturated rings. The average Bonchev–Trinajstić information content (AvgIpc) is 2.59. The van der Waals surface area contributed by atoms with Gasteiger partial charge < -0.3 is 14.9 Å². The molecule has 1 aliphatic heterocycles. The minimum atomic E-state index is -1.23. The van der Waals surface area contributed by atoms with E-state index in [0.717, 1.165) is 21.6 Å². The van der Waals surface area contributed by atoms with Crippen LogP contribution in [0, 0.1) is 0 Å². The van der Waals surface area contributed by atoms with Gasteiger partial charge in [0, 0.05) is 6.42 Å². The van der Waals surface area contributed by atoms with Crippen molar-refractivity contribution in [1.82, 2.24) is 4.90 Å². The number of ether oxygens (including phenoxy) is 1. The van der Waals surface area contributed by atoms with Crippen LogP contribution < -0.4 is 4.74 Å². The van der Waals surface area contributed by atoms with Crippen molar-refractivity contribution in [3.8, 4) is 5.75 Å². The van der Waals surface area contributed by atoms with Gasteiger partial charge in [0.1, 0.15) is 18.4 Å². The molecule has 2 N–H and O–H groups in total. The van der Waals surface area contributed by atoms with Crippen molar-refractivity contribution < 1.29 is 24.5 Å². The number of aliphatic carboxylic acids is 1. The summed E-state index contributed by atoms with van der Waals surface area (Å²) in [5.74, 6) is -0.496. The van der Waals surface area contributed by atoms with Gasteiger partial charge in [-0.25, -0.2) is 9.59 Å². The highest BCUT2D eigenvalue weighted by Gasteiger charge is 2.34. The molecule has 0 saturated heterocycles. The van der Waals surface area contributed by atoms with Crippen LogP contribution in [0.3, 0.4) is 0 Å². The molecule has 124 valence electrons. The lowest BCUT2D eigenvalue weighted by atomic mass is 9.94. The smallest absolute Gasteiger partial charge is 0.408 e. The van der Waals surface area contributed by atoms with Crippen LogP contribution in [0.5, 0.6) is 5.75 Å². The van der Waals surface area contributed by atoms with Gasteiger partial charge in [-0.3, -0.25) is 4.90 Å². The molecule has 2 aromatic rings. The number of rotatable bonds is 4. The van der Waals surface area contributed by atoms with Crippen molar-refractivity contribution in [2.24, 2.45) is 0 Å². The van der Waals surface area contributed by atoms with Crippen LogP contribution in [0.4, 0.5) is 4.79 Å². The number of nitrogens with zero attached hydrogens (tertiary/aromatic N) is 1. The lowest BCUT2D eigenvalue weighted by Gasteiger charge is -2.32. The number of carboxylic acid groups (broad SMARTS) is 2. The average molecular weight is 327 g/mol. The summed E-state index contributed by atoms with van der Waals surface area (Å²) in [6.45, 7) is 0.462.